The van der Waals surface area contributed by atoms with Gasteiger partial charge >= 0.3 is 0 Å². The lowest BCUT2D eigenvalue weighted by molar-refractivity contribution is 0.674. The molecule has 1 aromatic rings. The third-order valence-electron chi connectivity index (χ3n) is 2.56. The molecule has 1 aromatic carbocycles. The van der Waals surface area contributed by atoms with Gasteiger partial charge in [0.1, 0.15) is 0 Å². The molecule has 0 radical (unpaired) electrons. The Labute approximate surface area is 99.6 Å². The van der Waals surface area contributed by atoms with E-state index in [0.717, 1.165) is 27.9 Å². The summed E-state index contributed by atoms with van der Waals surface area (Å²) in [6.45, 7) is 1.15. The van der Waals surface area contributed by atoms with Crippen LogP contribution in [0, 0.1) is 0 Å². The third-order valence-corrected chi connectivity index (χ3v) is 4.22. The van der Waals surface area contributed by atoms with Crippen molar-refractivity contribution in [2.75, 3.05) is 18.0 Å². The molecule has 3 N–H and O–H groups in total. The van der Waals surface area contributed by atoms with E-state index in [0.29, 0.717) is 6.04 Å². The summed E-state index contributed by atoms with van der Waals surface area (Å²) in [4.78, 5) is 1.09. The maximum absolute atomic E-state index is 6.08. The molecule has 0 bridgehead atoms. The quantitative estimate of drug-likeness (QED) is 0.632. The highest BCUT2D eigenvalue weighted by molar-refractivity contribution is 7.99. The van der Waals surface area contributed by atoms with Crippen LogP contribution in [0.3, 0.4) is 0 Å². The van der Waals surface area contributed by atoms with Crippen molar-refractivity contribution >= 4 is 29.1 Å². The van der Waals surface area contributed by atoms with Gasteiger partial charge in [-0.1, -0.05) is 11.6 Å². The summed E-state index contributed by atoms with van der Waals surface area (Å²) in [7, 11) is 0. The molecule has 0 unspecified atom stereocenters. The Morgan fingerprint density at radius 1 is 1.53 bits per heavy atom. The van der Waals surface area contributed by atoms with Crippen LogP contribution in [0.15, 0.2) is 23.1 Å². The summed E-state index contributed by atoms with van der Waals surface area (Å²) in [5, 5.41) is 4.26. The van der Waals surface area contributed by atoms with Crippen molar-refractivity contribution in [3.63, 3.8) is 0 Å². The second-order valence-corrected chi connectivity index (χ2v) is 5.26. The Balaban J connectivity index is 1.94. The average molecular weight is 243 g/mol. The van der Waals surface area contributed by atoms with E-state index in [9.17, 15) is 0 Å². The number of nitrogen functional groups attached to an aromatic ring is 1. The molecule has 82 valence electrons. The molecule has 1 aliphatic heterocycles. The highest BCUT2D eigenvalue weighted by Gasteiger charge is 2.14. The maximum Gasteiger partial charge on any atom is 0.0543 e. The number of hydrogen-bond donors (Lipinski definition) is 2. The monoisotopic (exact) mass is 242 g/mol. The fourth-order valence-corrected chi connectivity index (χ4v) is 3.09. The molecule has 1 fully saturated rings. The molecule has 0 saturated carbocycles. The van der Waals surface area contributed by atoms with Gasteiger partial charge in [0.25, 0.3) is 0 Å². The molecule has 0 aliphatic carbocycles. The summed E-state index contributed by atoms with van der Waals surface area (Å²) >= 11 is 7.87. The predicted molar refractivity (Wildman–Crippen MR) is 67.6 cm³/mol. The van der Waals surface area contributed by atoms with Gasteiger partial charge in [0.15, 0.2) is 0 Å². The van der Waals surface area contributed by atoms with Crippen LogP contribution >= 0.6 is 23.4 Å². The second-order valence-electron chi connectivity index (χ2n) is 3.79. The van der Waals surface area contributed by atoms with Crippen molar-refractivity contribution in [2.24, 2.45) is 0 Å². The molecule has 2 rings (SSSR count). The molecule has 1 saturated heterocycles. The van der Waals surface area contributed by atoms with E-state index in [-0.39, 0.29) is 0 Å². The molecule has 0 aromatic heterocycles. The van der Waals surface area contributed by atoms with Crippen LogP contribution in [0.1, 0.15) is 12.8 Å². The minimum absolute atomic E-state index is 0.632. The van der Waals surface area contributed by atoms with Crippen molar-refractivity contribution in [3.05, 3.63) is 23.2 Å². The zero-order chi connectivity index (χ0) is 10.7. The molecule has 15 heavy (non-hydrogen) atoms. The van der Waals surface area contributed by atoms with Crippen LogP contribution < -0.4 is 11.1 Å². The average Bonchev–Trinajstić information content (AvgIpc) is 2.72. The standard InChI is InChI=1S/C11H15ClN2S/c12-10-4-3-8(13)6-11(10)15-7-9-2-1-5-14-9/h3-4,6,9,14H,1-2,5,7,13H2/t9-/m0/s1. The van der Waals surface area contributed by atoms with Crippen LogP contribution in [-0.4, -0.2) is 18.3 Å². The topological polar surface area (TPSA) is 38.0 Å². The van der Waals surface area contributed by atoms with Crippen molar-refractivity contribution in [2.45, 2.75) is 23.8 Å². The first kappa shape index (κ1) is 11.1. The summed E-state index contributed by atoms with van der Waals surface area (Å²) in [6, 6.07) is 6.27. The summed E-state index contributed by atoms with van der Waals surface area (Å²) in [5.41, 5.74) is 6.50. The van der Waals surface area contributed by atoms with E-state index < -0.39 is 0 Å². The molecule has 1 heterocycles. The zero-order valence-corrected chi connectivity index (χ0v) is 10.1. The van der Waals surface area contributed by atoms with E-state index in [1.165, 1.54) is 12.8 Å². The Hall–Kier alpha value is -0.380. The fourth-order valence-electron chi connectivity index (χ4n) is 1.72. The van der Waals surface area contributed by atoms with E-state index >= 15 is 0 Å². The molecular weight excluding hydrogens is 228 g/mol. The lowest BCUT2D eigenvalue weighted by Crippen LogP contribution is -2.23. The van der Waals surface area contributed by atoms with Gasteiger partial charge in [-0.15, -0.1) is 11.8 Å². The molecule has 2 nitrogen and oxygen atoms in total. The highest BCUT2D eigenvalue weighted by Crippen LogP contribution is 2.30. The minimum atomic E-state index is 0.632. The first-order valence-electron chi connectivity index (χ1n) is 5.17. The minimum Gasteiger partial charge on any atom is -0.399 e. The zero-order valence-electron chi connectivity index (χ0n) is 8.50. The number of rotatable bonds is 3. The predicted octanol–water partition coefficient (Wildman–Crippen LogP) is 2.77. The molecule has 1 aliphatic rings. The maximum atomic E-state index is 6.08. The van der Waals surface area contributed by atoms with Crippen molar-refractivity contribution < 1.29 is 0 Å². The normalized spacial score (nSPS) is 20.7. The highest BCUT2D eigenvalue weighted by atomic mass is 35.5. The Kier molecular flexibility index (Phi) is 3.78. The van der Waals surface area contributed by atoms with Gasteiger partial charge in [-0.2, -0.15) is 0 Å². The van der Waals surface area contributed by atoms with Gasteiger partial charge in [0.2, 0.25) is 0 Å². The van der Waals surface area contributed by atoms with Gasteiger partial charge in [-0.3, -0.25) is 0 Å². The second kappa shape index (κ2) is 5.10. The van der Waals surface area contributed by atoms with Crippen LogP contribution in [0.4, 0.5) is 5.69 Å². The fraction of sp³-hybridized carbons (Fsp3) is 0.455. The van der Waals surface area contributed by atoms with Crippen LogP contribution in [0.25, 0.3) is 0 Å². The van der Waals surface area contributed by atoms with Gasteiger partial charge in [0.05, 0.1) is 5.02 Å². The molecule has 1 atom stereocenters. The lowest BCUT2D eigenvalue weighted by atomic mass is 10.3. The molecular formula is C11H15ClN2S. The first-order chi connectivity index (χ1) is 7.25. The number of halogens is 1. The Bertz CT molecular complexity index is 337. The van der Waals surface area contributed by atoms with Crippen molar-refractivity contribution in [3.8, 4) is 0 Å². The number of hydrogen-bond acceptors (Lipinski definition) is 3. The largest absolute Gasteiger partial charge is 0.399 e. The number of nitrogens with two attached hydrogens (primary N) is 1. The molecule has 4 heteroatoms. The Morgan fingerprint density at radius 3 is 3.13 bits per heavy atom. The Morgan fingerprint density at radius 2 is 2.40 bits per heavy atom. The van der Waals surface area contributed by atoms with E-state index in [4.69, 9.17) is 17.3 Å². The van der Waals surface area contributed by atoms with Gasteiger partial charge < -0.3 is 11.1 Å². The van der Waals surface area contributed by atoms with E-state index in [1.807, 2.05) is 18.2 Å². The first-order valence-corrected chi connectivity index (χ1v) is 6.53. The summed E-state index contributed by atoms with van der Waals surface area (Å²) < 4.78 is 0. The summed E-state index contributed by atoms with van der Waals surface area (Å²) in [5.74, 6) is 1.07. The van der Waals surface area contributed by atoms with E-state index in [2.05, 4.69) is 5.32 Å². The molecule has 0 spiro atoms. The van der Waals surface area contributed by atoms with Crippen LogP contribution in [-0.2, 0) is 0 Å². The number of thioether (sulfide) groups is 1. The van der Waals surface area contributed by atoms with Crippen molar-refractivity contribution in [1.82, 2.24) is 5.32 Å². The van der Waals surface area contributed by atoms with Gasteiger partial charge in [-0.25, -0.2) is 0 Å². The van der Waals surface area contributed by atoms with E-state index in [1.54, 1.807) is 11.8 Å². The lowest BCUT2D eigenvalue weighted by Gasteiger charge is -2.10. The third kappa shape index (κ3) is 3.03. The summed E-state index contributed by atoms with van der Waals surface area (Å²) in [6.07, 6.45) is 2.56. The van der Waals surface area contributed by atoms with Crippen molar-refractivity contribution in [1.29, 1.82) is 0 Å². The van der Waals surface area contributed by atoms with Crippen LogP contribution in [0.2, 0.25) is 5.02 Å². The van der Waals surface area contributed by atoms with Gasteiger partial charge in [0, 0.05) is 22.4 Å². The SMILES string of the molecule is Nc1ccc(Cl)c(SC[C@@H]2CCCN2)c1. The van der Waals surface area contributed by atoms with Gasteiger partial charge in [-0.05, 0) is 37.6 Å². The number of benzene rings is 1. The number of anilines is 1. The molecule has 0 amide bonds. The van der Waals surface area contributed by atoms with Crippen LogP contribution in [0.5, 0.6) is 0 Å². The smallest absolute Gasteiger partial charge is 0.0543 e. The number of nitrogens with one attached hydrogen (secondary N) is 1.